The minimum absolute atomic E-state index is 0.0347. The predicted molar refractivity (Wildman–Crippen MR) is 79.0 cm³/mol. The van der Waals surface area contributed by atoms with Crippen LogP contribution in [0.15, 0.2) is 22.7 Å². The number of nitrogens with one attached hydrogen (secondary N) is 1. The smallest absolute Gasteiger partial charge is 0.164 e. The number of nitrogens with zero attached hydrogens (tertiary/aromatic N) is 1. The average Bonchev–Trinajstić information content (AvgIpc) is 2.65. The molecule has 0 fully saturated rings. The van der Waals surface area contributed by atoms with E-state index in [1.807, 2.05) is 32.0 Å². The predicted octanol–water partition coefficient (Wildman–Crippen LogP) is 4.47. The standard InChI is InChI=1S/C13H13BrN2OS/c1-7-4-5-10(14)11(6-7)15-13-12(9(3)17)8(2)16-18-13/h4-6,15H,1-3H3. The number of ketones is 1. The van der Waals surface area contributed by atoms with E-state index in [4.69, 9.17) is 0 Å². The molecule has 0 radical (unpaired) electrons. The summed E-state index contributed by atoms with van der Waals surface area (Å²) in [7, 11) is 0. The minimum atomic E-state index is 0.0347. The molecule has 0 spiro atoms. The summed E-state index contributed by atoms with van der Waals surface area (Å²) in [5.41, 5.74) is 3.56. The zero-order valence-electron chi connectivity index (χ0n) is 10.4. The second-order valence-corrected chi connectivity index (χ2v) is 5.76. The van der Waals surface area contributed by atoms with Crippen molar-refractivity contribution in [3.63, 3.8) is 0 Å². The van der Waals surface area contributed by atoms with E-state index in [9.17, 15) is 4.79 Å². The molecule has 1 aromatic carbocycles. The van der Waals surface area contributed by atoms with Gasteiger partial charge in [0.25, 0.3) is 0 Å². The molecule has 2 rings (SSSR count). The number of aromatic nitrogens is 1. The van der Waals surface area contributed by atoms with Gasteiger partial charge >= 0.3 is 0 Å². The highest BCUT2D eigenvalue weighted by molar-refractivity contribution is 9.10. The van der Waals surface area contributed by atoms with E-state index in [2.05, 4.69) is 25.6 Å². The molecule has 0 amide bonds. The van der Waals surface area contributed by atoms with Crippen LogP contribution in [0, 0.1) is 13.8 Å². The van der Waals surface area contributed by atoms with Gasteiger partial charge in [0.05, 0.1) is 16.9 Å². The molecule has 1 heterocycles. The Hall–Kier alpha value is -1.20. The quantitative estimate of drug-likeness (QED) is 0.847. The Morgan fingerprint density at radius 2 is 2.11 bits per heavy atom. The van der Waals surface area contributed by atoms with Crippen LogP contribution in [-0.2, 0) is 0 Å². The number of anilines is 2. The summed E-state index contributed by atoms with van der Waals surface area (Å²) in [5, 5.41) is 4.07. The lowest BCUT2D eigenvalue weighted by atomic mass is 10.1. The van der Waals surface area contributed by atoms with Crippen molar-refractivity contribution in [2.45, 2.75) is 20.8 Å². The fraction of sp³-hybridized carbons (Fsp3) is 0.231. The summed E-state index contributed by atoms with van der Waals surface area (Å²) in [5.74, 6) is 0.0347. The van der Waals surface area contributed by atoms with E-state index in [0.29, 0.717) is 5.56 Å². The van der Waals surface area contributed by atoms with E-state index >= 15 is 0 Å². The van der Waals surface area contributed by atoms with Crippen molar-refractivity contribution in [2.24, 2.45) is 0 Å². The van der Waals surface area contributed by atoms with E-state index in [0.717, 1.165) is 26.4 Å². The number of aryl methyl sites for hydroxylation is 2. The third-order valence-corrected chi connectivity index (χ3v) is 4.13. The zero-order chi connectivity index (χ0) is 13.3. The first-order valence-corrected chi connectivity index (χ1v) is 7.06. The molecule has 0 atom stereocenters. The fourth-order valence-electron chi connectivity index (χ4n) is 1.73. The van der Waals surface area contributed by atoms with Crippen LogP contribution in [0.5, 0.6) is 0 Å². The van der Waals surface area contributed by atoms with Gasteiger partial charge in [0.1, 0.15) is 5.00 Å². The molecule has 2 aromatic rings. The van der Waals surface area contributed by atoms with Gasteiger partial charge in [0.2, 0.25) is 0 Å². The summed E-state index contributed by atoms with van der Waals surface area (Å²) in [6.45, 7) is 5.44. The fourth-order valence-corrected chi connectivity index (χ4v) is 2.93. The van der Waals surface area contributed by atoms with E-state index < -0.39 is 0 Å². The van der Waals surface area contributed by atoms with Gasteiger partial charge in [-0.05, 0) is 65.9 Å². The zero-order valence-corrected chi connectivity index (χ0v) is 12.8. The van der Waals surface area contributed by atoms with Gasteiger partial charge in [-0.3, -0.25) is 4.79 Å². The number of rotatable bonds is 3. The molecule has 94 valence electrons. The van der Waals surface area contributed by atoms with Crippen LogP contribution in [-0.4, -0.2) is 10.2 Å². The second-order valence-electron chi connectivity index (χ2n) is 4.14. The van der Waals surface area contributed by atoms with E-state index in [-0.39, 0.29) is 5.78 Å². The average molecular weight is 325 g/mol. The van der Waals surface area contributed by atoms with Crippen molar-refractivity contribution in [3.8, 4) is 0 Å². The summed E-state index contributed by atoms with van der Waals surface area (Å²) in [6, 6.07) is 6.04. The van der Waals surface area contributed by atoms with Crippen LogP contribution in [0.4, 0.5) is 10.7 Å². The number of carbonyl (C=O) groups excluding carboxylic acids is 1. The van der Waals surface area contributed by atoms with Crippen molar-refractivity contribution >= 4 is 43.9 Å². The Balaban J connectivity index is 2.40. The highest BCUT2D eigenvalue weighted by Gasteiger charge is 2.15. The van der Waals surface area contributed by atoms with Crippen LogP contribution >= 0.6 is 27.5 Å². The Bertz CT molecular complexity index is 607. The number of hydrogen-bond donors (Lipinski definition) is 1. The molecular formula is C13H13BrN2OS. The molecule has 0 saturated heterocycles. The number of hydrogen-bond acceptors (Lipinski definition) is 4. The third kappa shape index (κ3) is 2.62. The van der Waals surface area contributed by atoms with Gasteiger partial charge in [-0.15, -0.1) is 0 Å². The Morgan fingerprint density at radius 3 is 2.78 bits per heavy atom. The molecule has 0 bridgehead atoms. The molecule has 18 heavy (non-hydrogen) atoms. The van der Waals surface area contributed by atoms with Gasteiger partial charge in [-0.2, -0.15) is 4.37 Å². The van der Waals surface area contributed by atoms with Crippen LogP contribution < -0.4 is 5.32 Å². The maximum atomic E-state index is 11.6. The summed E-state index contributed by atoms with van der Waals surface area (Å²) < 4.78 is 5.20. The summed E-state index contributed by atoms with van der Waals surface area (Å²) in [6.07, 6.45) is 0. The first-order valence-electron chi connectivity index (χ1n) is 5.49. The van der Waals surface area contributed by atoms with E-state index in [1.165, 1.54) is 11.5 Å². The Kier molecular flexibility index (Phi) is 3.82. The molecule has 0 aliphatic heterocycles. The second kappa shape index (κ2) is 5.20. The lowest BCUT2D eigenvalue weighted by Crippen LogP contribution is -1.99. The summed E-state index contributed by atoms with van der Waals surface area (Å²) in [4.78, 5) is 11.6. The number of benzene rings is 1. The van der Waals surface area contributed by atoms with Crippen molar-refractivity contribution in [3.05, 3.63) is 39.5 Å². The molecular weight excluding hydrogens is 312 g/mol. The largest absolute Gasteiger partial charge is 0.344 e. The van der Waals surface area contributed by atoms with Gasteiger partial charge in [-0.1, -0.05) is 6.07 Å². The topological polar surface area (TPSA) is 42.0 Å². The molecule has 3 nitrogen and oxygen atoms in total. The van der Waals surface area contributed by atoms with Gasteiger partial charge < -0.3 is 5.32 Å². The van der Waals surface area contributed by atoms with Crippen LogP contribution in [0.2, 0.25) is 0 Å². The number of halogens is 1. The SMILES string of the molecule is CC(=O)c1c(C)nsc1Nc1cc(C)ccc1Br. The summed E-state index contributed by atoms with van der Waals surface area (Å²) >= 11 is 4.80. The maximum Gasteiger partial charge on any atom is 0.164 e. The van der Waals surface area contributed by atoms with Crippen molar-refractivity contribution in [2.75, 3.05) is 5.32 Å². The normalized spacial score (nSPS) is 10.4. The van der Waals surface area contributed by atoms with Crippen LogP contribution in [0.1, 0.15) is 28.5 Å². The van der Waals surface area contributed by atoms with Gasteiger partial charge in [0, 0.05) is 4.47 Å². The van der Waals surface area contributed by atoms with Gasteiger partial charge in [-0.25, -0.2) is 0 Å². The van der Waals surface area contributed by atoms with Gasteiger partial charge in [0.15, 0.2) is 5.78 Å². The van der Waals surface area contributed by atoms with Crippen LogP contribution in [0.25, 0.3) is 0 Å². The molecule has 0 unspecified atom stereocenters. The number of carbonyl (C=O) groups is 1. The Labute approximate surface area is 119 Å². The lowest BCUT2D eigenvalue weighted by molar-refractivity contribution is 0.101. The van der Waals surface area contributed by atoms with Crippen molar-refractivity contribution < 1.29 is 4.79 Å². The molecule has 0 saturated carbocycles. The van der Waals surface area contributed by atoms with Crippen molar-refractivity contribution in [1.82, 2.24) is 4.37 Å². The lowest BCUT2D eigenvalue weighted by Gasteiger charge is -2.08. The molecule has 5 heteroatoms. The molecule has 1 N–H and O–H groups in total. The highest BCUT2D eigenvalue weighted by Crippen LogP contribution is 2.32. The minimum Gasteiger partial charge on any atom is -0.344 e. The van der Waals surface area contributed by atoms with Crippen molar-refractivity contribution in [1.29, 1.82) is 0 Å². The van der Waals surface area contributed by atoms with Crippen LogP contribution in [0.3, 0.4) is 0 Å². The third-order valence-electron chi connectivity index (χ3n) is 2.58. The molecule has 0 aliphatic rings. The molecule has 1 aromatic heterocycles. The van der Waals surface area contributed by atoms with E-state index in [1.54, 1.807) is 6.92 Å². The first kappa shape index (κ1) is 13.2. The monoisotopic (exact) mass is 324 g/mol. The molecule has 0 aliphatic carbocycles. The maximum absolute atomic E-state index is 11.6. The highest BCUT2D eigenvalue weighted by atomic mass is 79.9. The Morgan fingerprint density at radius 1 is 1.39 bits per heavy atom. The first-order chi connectivity index (χ1) is 8.49. The number of Topliss-reactive ketones (excluding diaryl/α,β-unsaturated/α-hetero) is 1.